The van der Waals surface area contributed by atoms with Crippen molar-refractivity contribution in [2.75, 3.05) is 6.61 Å². The number of aliphatic hydroxyl groups is 1. The smallest absolute Gasteiger partial charge is 0.219 e. The summed E-state index contributed by atoms with van der Waals surface area (Å²) in [7, 11) is 0. The number of hydrogen-bond donors (Lipinski definition) is 1. The van der Waals surface area contributed by atoms with E-state index in [1.54, 1.807) is 18.3 Å². The zero-order valence-electron chi connectivity index (χ0n) is 10.2. The average Bonchev–Trinajstić information content (AvgIpc) is 2.42. The van der Waals surface area contributed by atoms with Gasteiger partial charge in [0.05, 0.1) is 13.2 Å². The van der Waals surface area contributed by atoms with Crippen LogP contribution in [0.4, 0.5) is 0 Å². The van der Waals surface area contributed by atoms with E-state index in [1.165, 1.54) is 0 Å². The Morgan fingerprint density at radius 2 is 1.78 bits per heavy atom. The van der Waals surface area contributed by atoms with E-state index < -0.39 is 0 Å². The Kier molecular flexibility index (Phi) is 4.15. The van der Waals surface area contributed by atoms with E-state index in [4.69, 9.17) is 14.6 Å². The lowest BCUT2D eigenvalue weighted by Crippen LogP contribution is -1.92. The molecular formula is C14H15NO3. The molecule has 94 valence electrons. The first kappa shape index (κ1) is 12.4. The van der Waals surface area contributed by atoms with Crippen molar-refractivity contribution in [1.82, 2.24) is 4.98 Å². The zero-order valence-corrected chi connectivity index (χ0v) is 10.2. The van der Waals surface area contributed by atoms with E-state index in [9.17, 15) is 0 Å². The van der Waals surface area contributed by atoms with Crippen molar-refractivity contribution in [3.63, 3.8) is 0 Å². The molecule has 4 nitrogen and oxygen atoms in total. The molecule has 1 N–H and O–H groups in total. The van der Waals surface area contributed by atoms with Crippen LogP contribution in [-0.4, -0.2) is 16.7 Å². The second-order valence-electron chi connectivity index (χ2n) is 3.67. The summed E-state index contributed by atoms with van der Waals surface area (Å²) in [5, 5.41) is 8.90. The Bertz CT molecular complexity index is 479. The van der Waals surface area contributed by atoms with Gasteiger partial charge in [0.25, 0.3) is 0 Å². The number of aromatic nitrogens is 1. The SMILES string of the molecule is CCOc1ccc(Oc2ccc(CO)cn2)cc1. The molecule has 2 aromatic rings. The second-order valence-corrected chi connectivity index (χ2v) is 3.67. The van der Waals surface area contributed by atoms with E-state index in [1.807, 2.05) is 31.2 Å². The summed E-state index contributed by atoms with van der Waals surface area (Å²) in [6.45, 7) is 2.57. The van der Waals surface area contributed by atoms with Gasteiger partial charge in [-0.2, -0.15) is 0 Å². The number of ether oxygens (including phenoxy) is 2. The van der Waals surface area contributed by atoms with Gasteiger partial charge < -0.3 is 14.6 Å². The van der Waals surface area contributed by atoms with Gasteiger partial charge in [0.15, 0.2) is 0 Å². The number of aliphatic hydroxyl groups excluding tert-OH is 1. The van der Waals surface area contributed by atoms with Crippen LogP contribution < -0.4 is 9.47 Å². The van der Waals surface area contributed by atoms with Crippen molar-refractivity contribution >= 4 is 0 Å². The molecule has 18 heavy (non-hydrogen) atoms. The molecule has 4 heteroatoms. The largest absolute Gasteiger partial charge is 0.494 e. The summed E-state index contributed by atoms with van der Waals surface area (Å²) in [6.07, 6.45) is 1.59. The average molecular weight is 245 g/mol. The van der Waals surface area contributed by atoms with Crippen LogP contribution in [-0.2, 0) is 6.61 Å². The van der Waals surface area contributed by atoms with Gasteiger partial charge in [0.2, 0.25) is 5.88 Å². The normalized spacial score (nSPS) is 10.1. The molecule has 0 aliphatic carbocycles. The Morgan fingerprint density at radius 3 is 2.33 bits per heavy atom. The van der Waals surface area contributed by atoms with Crippen molar-refractivity contribution in [2.24, 2.45) is 0 Å². The molecule has 0 bridgehead atoms. The molecule has 0 spiro atoms. The van der Waals surface area contributed by atoms with Gasteiger partial charge in [-0.05, 0) is 42.8 Å². The third kappa shape index (κ3) is 3.21. The molecular weight excluding hydrogens is 230 g/mol. The highest BCUT2D eigenvalue weighted by Gasteiger charge is 1.99. The molecule has 0 saturated heterocycles. The van der Waals surface area contributed by atoms with E-state index >= 15 is 0 Å². The summed E-state index contributed by atoms with van der Waals surface area (Å²) in [5.41, 5.74) is 0.758. The molecule has 0 amide bonds. The monoisotopic (exact) mass is 245 g/mol. The van der Waals surface area contributed by atoms with Crippen LogP contribution in [0.1, 0.15) is 12.5 Å². The van der Waals surface area contributed by atoms with Crippen LogP contribution in [0, 0.1) is 0 Å². The number of pyridine rings is 1. The topological polar surface area (TPSA) is 51.6 Å². The lowest BCUT2D eigenvalue weighted by atomic mass is 10.3. The van der Waals surface area contributed by atoms with Crippen LogP contribution in [0.25, 0.3) is 0 Å². The van der Waals surface area contributed by atoms with Gasteiger partial charge in [-0.3, -0.25) is 0 Å². The van der Waals surface area contributed by atoms with Crippen LogP contribution >= 0.6 is 0 Å². The molecule has 2 rings (SSSR count). The Labute approximate surface area is 106 Å². The first-order valence-electron chi connectivity index (χ1n) is 5.78. The van der Waals surface area contributed by atoms with Crippen LogP contribution in [0.5, 0.6) is 17.4 Å². The summed E-state index contributed by atoms with van der Waals surface area (Å²) in [4.78, 5) is 4.09. The fourth-order valence-corrected chi connectivity index (χ4v) is 1.46. The highest BCUT2D eigenvalue weighted by Crippen LogP contribution is 2.22. The van der Waals surface area contributed by atoms with Crippen molar-refractivity contribution < 1.29 is 14.6 Å². The molecule has 0 saturated carbocycles. The van der Waals surface area contributed by atoms with Crippen molar-refractivity contribution in [3.8, 4) is 17.4 Å². The van der Waals surface area contributed by atoms with Gasteiger partial charge in [0.1, 0.15) is 11.5 Å². The van der Waals surface area contributed by atoms with Gasteiger partial charge in [-0.1, -0.05) is 0 Å². The zero-order chi connectivity index (χ0) is 12.8. The van der Waals surface area contributed by atoms with E-state index in [-0.39, 0.29) is 6.61 Å². The Balaban J connectivity index is 2.03. The Morgan fingerprint density at radius 1 is 1.06 bits per heavy atom. The maximum Gasteiger partial charge on any atom is 0.219 e. The van der Waals surface area contributed by atoms with Crippen molar-refractivity contribution in [2.45, 2.75) is 13.5 Å². The van der Waals surface area contributed by atoms with Crippen molar-refractivity contribution in [3.05, 3.63) is 48.2 Å². The molecule has 0 aliphatic heterocycles. The number of hydrogen-bond acceptors (Lipinski definition) is 4. The van der Waals surface area contributed by atoms with Crippen LogP contribution in [0.3, 0.4) is 0 Å². The summed E-state index contributed by atoms with van der Waals surface area (Å²) >= 11 is 0. The number of nitrogens with zero attached hydrogens (tertiary/aromatic N) is 1. The highest BCUT2D eigenvalue weighted by molar-refractivity contribution is 5.33. The quantitative estimate of drug-likeness (QED) is 0.880. The first-order valence-corrected chi connectivity index (χ1v) is 5.78. The third-order valence-electron chi connectivity index (χ3n) is 2.34. The van der Waals surface area contributed by atoms with Crippen LogP contribution in [0.2, 0.25) is 0 Å². The standard InChI is InChI=1S/C14H15NO3/c1-2-17-12-4-6-13(7-5-12)18-14-8-3-11(10-16)9-15-14/h3-9,16H,2,10H2,1H3. The summed E-state index contributed by atoms with van der Waals surface area (Å²) in [6, 6.07) is 10.8. The van der Waals surface area contributed by atoms with Crippen LogP contribution in [0.15, 0.2) is 42.6 Å². The fraction of sp³-hybridized carbons (Fsp3) is 0.214. The predicted molar refractivity (Wildman–Crippen MR) is 67.8 cm³/mol. The number of rotatable bonds is 5. The lowest BCUT2D eigenvalue weighted by molar-refractivity contribution is 0.281. The maximum atomic E-state index is 8.90. The van der Waals surface area contributed by atoms with Crippen molar-refractivity contribution in [1.29, 1.82) is 0 Å². The van der Waals surface area contributed by atoms with Gasteiger partial charge in [0, 0.05) is 12.3 Å². The predicted octanol–water partition coefficient (Wildman–Crippen LogP) is 2.76. The minimum absolute atomic E-state index is 0.0175. The van der Waals surface area contributed by atoms with Gasteiger partial charge >= 0.3 is 0 Å². The molecule has 0 unspecified atom stereocenters. The lowest BCUT2D eigenvalue weighted by Gasteiger charge is -2.06. The van der Waals surface area contributed by atoms with Gasteiger partial charge in [-0.15, -0.1) is 0 Å². The van der Waals surface area contributed by atoms with E-state index in [0.29, 0.717) is 18.2 Å². The molecule has 0 atom stereocenters. The molecule has 1 aromatic carbocycles. The molecule has 0 radical (unpaired) electrons. The summed E-state index contributed by atoms with van der Waals surface area (Å²) < 4.78 is 10.9. The number of benzene rings is 1. The first-order chi connectivity index (χ1) is 8.81. The van der Waals surface area contributed by atoms with E-state index in [2.05, 4.69) is 4.98 Å². The summed E-state index contributed by atoms with van der Waals surface area (Å²) in [5.74, 6) is 2.01. The molecule has 0 fully saturated rings. The Hall–Kier alpha value is -2.07. The minimum Gasteiger partial charge on any atom is -0.494 e. The molecule has 1 aromatic heterocycles. The minimum atomic E-state index is -0.0175. The maximum absolute atomic E-state index is 8.90. The molecule has 1 heterocycles. The molecule has 0 aliphatic rings. The third-order valence-corrected chi connectivity index (χ3v) is 2.34. The van der Waals surface area contributed by atoms with E-state index in [0.717, 1.165) is 11.3 Å². The highest BCUT2D eigenvalue weighted by atomic mass is 16.5. The second kappa shape index (κ2) is 6.02. The van der Waals surface area contributed by atoms with Gasteiger partial charge in [-0.25, -0.2) is 4.98 Å². The fourth-order valence-electron chi connectivity index (χ4n) is 1.46.